The first kappa shape index (κ1) is 18.5. The predicted octanol–water partition coefficient (Wildman–Crippen LogP) is 4.41. The molecule has 4 nitrogen and oxygen atoms in total. The van der Waals surface area contributed by atoms with Gasteiger partial charge in [0.15, 0.2) is 11.5 Å². The van der Waals surface area contributed by atoms with Crippen molar-refractivity contribution in [1.29, 1.82) is 0 Å². The van der Waals surface area contributed by atoms with E-state index in [1.807, 2.05) is 36.4 Å². The number of carbonyl (C=O) groups is 1. The molecule has 1 fully saturated rings. The van der Waals surface area contributed by atoms with E-state index in [9.17, 15) is 4.79 Å². The lowest BCUT2D eigenvalue weighted by molar-refractivity contribution is -0.121. The van der Waals surface area contributed by atoms with Crippen molar-refractivity contribution in [3.8, 4) is 11.5 Å². The summed E-state index contributed by atoms with van der Waals surface area (Å²) in [6.45, 7) is 2.52. The summed E-state index contributed by atoms with van der Waals surface area (Å²) in [5.41, 5.74) is 3.17. The minimum absolute atomic E-state index is 0.0846. The van der Waals surface area contributed by atoms with Crippen molar-refractivity contribution in [3.63, 3.8) is 0 Å². The Bertz CT molecular complexity index is 875. The van der Waals surface area contributed by atoms with Gasteiger partial charge in [-0.25, -0.2) is 0 Å². The smallest absolute Gasteiger partial charge is 0.265 e. The van der Waals surface area contributed by atoms with Gasteiger partial charge in [0, 0.05) is 7.05 Å². The molecule has 2 aromatic carbocycles. The summed E-state index contributed by atoms with van der Waals surface area (Å²) < 4.78 is 11.9. The van der Waals surface area contributed by atoms with Crippen LogP contribution < -0.4 is 9.47 Å². The Labute approximate surface area is 162 Å². The highest BCUT2D eigenvalue weighted by Gasteiger charge is 2.28. The Morgan fingerprint density at radius 2 is 1.88 bits per heavy atom. The third-order valence-corrected chi connectivity index (χ3v) is 5.47. The summed E-state index contributed by atoms with van der Waals surface area (Å²) >= 11 is 6.45. The van der Waals surface area contributed by atoms with Crippen LogP contribution in [0.25, 0.3) is 6.08 Å². The molecule has 0 aliphatic carbocycles. The van der Waals surface area contributed by atoms with E-state index in [0.29, 0.717) is 27.3 Å². The summed E-state index contributed by atoms with van der Waals surface area (Å²) in [4.78, 5) is 14.2. The number of benzene rings is 2. The fourth-order valence-electron chi connectivity index (χ4n) is 2.44. The van der Waals surface area contributed by atoms with Gasteiger partial charge in [0.25, 0.3) is 5.91 Å². The summed E-state index contributed by atoms with van der Waals surface area (Å²) in [7, 11) is 3.28. The first-order valence-electron chi connectivity index (χ1n) is 8.06. The van der Waals surface area contributed by atoms with Crippen LogP contribution in [0.15, 0.2) is 47.4 Å². The molecule has 26 heavy (non-hydrogen) atoms. The van der Waals surface area contributed by atoms with Crippen molar-refractivity contribution in [2.24, 2.45) is 0 Å². The number of aryl methyl sites for hydroxylation is 1. The van der Waals surface area contributed by atoms with E-state index in [4.69, 9.17) is 21.7 Å². The summed E-state index contributed by atoms with van der Waals surface area (Å²) in [5.74, 6) is 1.20. The van der Waals surface area contributed by atoms with Gasteiger partial charge in [-0.15, -0.1) is 0 Å². The standard InChI is InChI=1S/C20H19NO3S2/c1-13-4-6-14(7-5-13)12-24-16-9-8-15(10-17(16)23-3)11-18-19(22)21(2)20(25)26-18/h4-11H,12H2,1-3H3. The number of carbonyl (C=O) groups excluding carboxylic acids is 1. The van der Waals surface area contributed by atoms with Crippen LogP contribution in [0.5, 0.6) is 11.5 Å². The molecule has 2 aromatic rings. The Hall–Kier alpha value is -2.31. The molecule has 1 amide bonds. The molecule has 1 aliphatic rings. The topological polar surface area (TPSA) is 38.8 Å². The second kappa shape index (κ2) is 7.93. The summed E-state index contributed by atoms with van der Waals surface area (Å²) in [6, 6.07) is 13.8. The summed E-state index contributed by atoms with van der Waals surface area (Å²) in [6.07, 6.45) is 1.81. The minimum atomic E-state index is -0.0846. The molecular weight excluding hydrogens is 366 g/mol. The Kier molecular flexibility index (Phi) is 5.64. The maximum atomic E-state index is 12.1. The average molecular weight is 386 g/mol. The van der Waals surface area contributed by atoms with Crippen LogP contribution >= 0.6 is 24.0 Å². The van der Waals surface area contributed by atoms with Crippen molar-refractivity contribution in [2.75, 3.05) is 14.2 Å². The SMILES string of the molecule is COc1cc(C=C2SC(=S)N(C)C2=O)ccc1OCc1ccc(C)cc1. The van der Waals surface area contributed by atoms with E-state index in [1.54, 1.807) is 14.2 Å². The molecule has 0 N–H and O–H groups in total. The van der Waals surface area contributed by atoms with E-state index in [2.05, 4.69) is 19.1 Å². The monoisotopic (exact) mass is 385 g/mol. The van der Waals surface area contributed by atoms with Crippen molar-refractivity contribution in [2.45, 2.75) is 13.5 Å². The number of nitrogens with zero attached hydrogens (tertiary/aromatic N) is 1. The highest BCUT2D eigenvalue weighted by molar-refractivity contribution is 8.26. The highest BCUT2D eigenvalue weighted by atomic mass is 32.2. The van der Waals surface area contributed by atoms with Gasteiger partial charge >= 0.3 is 0 Å². The van der Waals surface area contributed by atoms with E-state index in [0.717, 1.165) is 11.1 Å². The molecule has 1 heterocycles. The van der Waals surface area contributed by atoms with E-state index in [-0.39, 0.29) is 5.91 Å². The molecule has 0 saturated carbocycles. The highest BCUT2D eigenvalue weighted by Crippen LogP contribution is 2.34. The third kappa shape index (κ3) is 4.08. The molecule has 0 aromatic heterocycles. The lowest BCUT2D eigenvalue weighted by Gasteiger charge is -2.12. The molecule has 134 valence electrons. The Morgan fingerprint density at radius 3 is 2.50 bits per heavy atom. The largest absolute Gasteiger partial charge is 0.493 e. The number of methoxy groups -OCH3 is 1. The lowest BCUT2D eigenvalue weighted by Crippen LogP contribution is -2.22. The van der Waals surface area contributed by atoms with Crippen molar-refractivity contribution in [3.05, 3.63) is 64.1 Å². The third-order valence-electron chi connectivity index (χ3n) is 3.99. The molecule has 1 aliphatic heterocycles. The van der Waals surface area contributed by atoms with E-state index >= 15 is 0 Å². The van der Waals surface area contributed by atoms with Crippen LogP contribution in [-0.2, 0) is 11.4 Å². The number of thiocarbonyl (C=S) groups is 1. The molecule has 0 spiro atoms. The lowest BCUT2D eigenvalue weighted by atomic mass is 10.1. The van der Waals surface area contributed by atoms with Crippen molar-refractivity contribution >= 4 is 40.3 Å². The Morgan fingerprint density at radius 1 is 1.15 bits per heavy atom. The number of amides is 1. The fourth-order valence-corrected chi connectivity index (χ4v) is 3.62. The number of thioether (sulfide) groups is 1. The maximum absolute atomic E-state index is 12.1. The number of hydrogen-bond acceptors (Lipinski definition) is 5. The molecule has 0 bridgehead atoms. The van der Waals surface area contributed by atoms with Gasteiger partial charge in [-0.05, 0) is 36.3 Å². The molecule has 0 unspecified atom stereocenters. The van der Waals surface area contributed by atoms with Crippen LogP contribution in [0.3, 0.4) is 0 Å². The van der Waals surface area contributed by atoms with Crippen LogP contribution in [0.4, 0.5) is 0 Å². The zero-order valence-electron chi connectivity index (χ0n) is 14.8. The Balaban J connectivity index is 1.76. The average Bonchev–Trinajstić information content (AvgIpc) is 2.88. The normalized spacial score (nSPS) is 15.7. The van der Waals surface area contributed by atoms with Gasteiger partial charge in [0.2, 0.25) is 0 Å². The second-order valence-corrected chi connectivity index (χ2v) is 7.60. The zero-order valence-corrected chi connectivity index (χ0v) is 16.4. The zero-order chi connectivity index (χ0) is 18.7. The summed E-state index contributed by atoms with van der Waals surface area (Å²) in [5, 5.41) is 0. The van der Waals surface area contributed by atoms with Gasteiger partial charge in [0.1, 0.15) is 10.9 Å². The molecule has 6 heteroatoms. The molecule has 0 radical (unpaired) electrons. The predicted molar refractivity (Wildman–Crippen MR) is 109 cm³/mol. The number of likely N-dealkylation sites (N-methyl/N-ethyl adjacent to an activating group) is 1. The molecule has 1 saturated heterocycles. The van der Waals surface area contributed by atoms with Gasteiger partial charge in [-0.1, -0.05) is 59.9 Å². The van der Waals surface area contributed by atoms with Gasteiger partial charge in [-0.3, -0.25) is 9.69 Å². The first-order chi connectivity index (χ1) is 12.5. The molecule has 0 atom stereocenters. The van der Waals surface area contributed by atoms with Crippen molar-refractivity contribution < 1.29 is 14.3 Å². The van der Waals surface area contributed by atoms with Crippen LogP contribution in [0.2, 0.25) is 0 Å². The van der Waals surface area contributed by atoms with Crippen LogP contribution in [0, 0.1) is 6.92 Å². The molecule has 3 rings (SSSR count). The van der Waals surface area contributed by atoms with Crippen molar-refractivity contribution in [1.82, 2.24) is 4.90 Å². The molecular formula is C20H19NO3S2. The maximum Gasteiger partial charge on any atom is 0.265 e. The first-order valence-corrected chi connectivity index (χ1v) is 9.28. The second-order valence-electron chi connectivity index (χ2n) is 5.93. The van der Waals surface area contributed by atoms with E-state index in [1.165, 1.54) is 22.2 Å². The minimum Gasteiger partial charge on any atom is -0.493 e. The number of ether oxygens (including phenoxy) is 2. The van der Waals surface area contributed by atoms with Gasteiger partial charge < -0.3 is 9.47 Å². The van der Waals surface area contributed by atoms with Gasteiger partial charge in [0.05, 0.1) is 12.0 Å². The quantitative estimate of drug-likeness (QED) is 0.563. The van der Waals surface area contributed by atoms with Crippen LogP contribution in [0.1, 0.15) is 16.7 Å². The fraction of sp³-hybridized carbons (Fsp3) is 0.200. The number of rotatable bonds is 5. The van der Waals surface area contributed by atoms with Crippen LogP contribution in [-0.4, -0.2) is 29.3 Å². The number of hydrogen-bond donors (Lipinski definition) is 0. The van der Waals surface area contributed by atoms with E-state index < -0.39 is 0 Å². The van der Waals surface area contributed by atoms with Gasteiger partial charge in [-0.2, -0.15) is 0 Å².